The van der Waals surface area contributed by atoms with Gasteiger partial charge in [0.05, 0.1) is 0 Å². The molecule has 0 heterocycles. The van der Waals surface area contributed by atoms with Crippen LogP contribution in [0.2, 0.25) is 0 Å². The molecule has 0 amide bonds. The van der Waals surface area contributed by atoms with Crippen LogP contribution in [0.1, 0.15) is 39.0 Å². The first-order valence-corrected chi connectivity index (χ1v) is 5.42. The van der Waals surface area contributed by atoms with E-state index in [2.05, 4.69) is 6.92 Å². The van der Waals surface area contributed by atoms with Crippen LogP contribution in [0.15, 0.2) is 0 Å². The van der Waals surface area contributed by atoms with E-state index in [0.717, 1.165) is 0 Å². The highest BCUT2D eigenvalue weighted by molar-refractivity contribution is 5.11. The van der Waals surface area contributed by atoms with E-state index in [-0.39, 0.29) is 0 Å². The molecule has 3 fully saturated rings. The predicted molar refractivity (Wildman–Crippen MR) is 46.2 cm³/mol. The molecular weight excluding hydrogens is 132 g/mol. The molecular formula is C11H18. The van der Waals surface area contributed by atoms with Gasteiger partial charge in [-0.2, -0.15) is 0 Å². The zero-order chi connectivity index (χ0) is 7.42. The first-order valence-electron chi connectivity index (χ1n) is 5.42. The minimum Gasteiger partial charge on any atom is -0.0654 e. The van der Waals surface area contributed by atoms with Gasteiger partial charge >= 0.3 is 0 Å². The standard InChI is InChI=1S/C11H18/c1-2-3-8-9-5-4-7-6-10(8)11(7)9/h7-11H,2-6H2,1H3. The fourth-order valence-corrected chi connectivity index (χ4v) is 4.29. The van der Waals surface area contributed by atoms with Crippen LogP contribution in [-0.2, 0) is 0 Å². The lowest BCUT2D eigenvalue weighted by atomic mass is 9.45. The van der Waals surface area contributed by atoms with Gasteiger partial charge in [0.1, 0.15) is 0 Å². The van der Waals surface area contributed by atoms with Gasteiger partial charge in [0, 0.05) is 0 Å². The summed E-state index contributed by atoms with van der Waals surface area (Å²) in [6.07, 6.45) is 7.77. The smallest absolute Gasteiger partial charge is 0.0323 e. The zero-order valence-electron chi connectivity index (χ0n) is 7.42. The summed E-state index contributed by atoms with van der Waals surface area (Å²) in [4.78, 5) is 0. The lowest BCUT2D eigenvalue weighted by Crippen LogP contribution is -2.53. The summed E-state index contributed by atoms with van der Waals surface area (Å²) in [5, 5.41) is 0. The number of hydrogen-bond donors (Lipinski definition) is 0. The highest BCUT2D eigenvalue weighted by Gasteiger charge is 2.62. The van der Waals surface area contributed by atoms with Crippen molar-refractivity contribution in [1.29, 1.82) is 0 Å². The lowest BCUT2D eigenvalue weighted by molar-refractivity contribution is -0.113. The van der Waals surface area contributed by atoms with Crippen molar-refractivity contribution in [2.24, 2.45) is 29.6 Å². The van der Waals surface area contributed by atoms with Gasteiger partial charge in [0.15, 0.2) is 0 Å². The van der Waals surface area contributed by atoms with Crippen LogP contribution in [-0.4, -0.2) is 0 Å². The Morgan fingerprint density at radius 2 is 2.09 bits per heavy atom. The summed E-state index contributed by atoms with van der Waals surface area (Å²) in [6.45, 7) is 2.35. The van der Waals surface area contributed by atoms with Gasteiger partial charge in [-0.05, 0) is 48.9 Å². The van der Waals surface area contributed by atoms with E-state index >= 15 is 0 Å². The molecule has 3 aliphatic rings. The summed E-state index contributed by atoms with van der Waals surface area (Å²) in [5.41, 5.74) is 0. The second kappa shape index (κ2) is 2.02. The predicted octanol–water partition coefficient (Wildman–Crippen LogP) is 3.08. The van der Waals surface area contributed by atoms with Gasteiger partial charge in [-0.3, -0.25) is 0 Å². The van der Waals surface area contributed by atoms with Crippen molar-refractivity contribution >= 4 is 0 Å². The third-order valence-corrected chi connectivity index (χ3v) is 4.70. The molecule has 0 spiro atoms. The van der Waals surface area contributed by atoms with E-state index in [1.807, 2.05) is 0 Å². The van der Waals surface area contributed by atoms with Crippen molar-refractivity contribution in [2.75, 3.05) is 0 Å². The van der Waals surface area contributed by atoms with Crippen molar-refractivity contribution in [3.8, 4) is 0 Å². The summed E-state index contributed by atoms with van der Waals surface area (Å²) in [5.74, 6) is 6.06. The summed E-state index contributed by atoms with van der Waals surface area (Å²) < 4.78 is 0. The van der Waals surface area contributed by atoms with E-state index in [1.165, 1.54) is 36.0 Å². The van der Waals surface area contributed by atoms with Crippen LogP contribution in [0.25, 0.3) is 0 Å². The summed E-state index contributed by atoms with van der Waals surface area (Å²) in [7, 11) is 0. The van der Waals surface area contributed by atoms with E-state index in [4.69, 9.17) is 0 Å². The normalized spacial score (nSPS) is 58.1. The maximum Gasteiger partial charge on any atom is -0.0323 e. The molecule has 5 atom stereocenters. The average molecular weight is 150 g/mol. The van der Waals surface area contributed by atoms with E-state index < -0.39 is 0 Å². The summed E-state index contributed by atoms with van der Waals surface area (Å²) >= 11 is 0. The van der Waals surface area contributed by atoms with Gasteiger partial charge in [-0.15, -0.1) is 0 Å². The third kappa shape index (κ3) is 0.625. The maximum atomic E-state index is 2.35. The first-order chi connectivity index (χ1) is 5.42. The van der Waals surface area contributed by atoms with Crippen molar-refractivity contribution < 1.29 is 0 Å². The molecule has 3 aliphatic carbocycles. The van der Waals surface area contributed by atoms with Crippen molar-refractivity contribution in [2.45, 2.75) is 39.0 Å². The van der Waals surface area contributed by atoms with Crippen molar-refractivity contribution in [3.05, 3.63) is 0 Å². The molecule has 3 rings (SSSR count). The fourth-order valence-electron chi connectivity index (χ4n) is 4.29. The molecule has 0 nitrogen and oxygen atoms in total. The highest BCUT2D eigenvalue weighted by Crippen LogP contribution is 2.69. The fraction of sp³-hybridized carbons (Fsp3) is 1.00. The van der Waals surface area contributed by atoms with Gasteiger partial charge < -0.3 is 0 Å². The molecule has 3 saturated carbocycles. The minimum atomic E-state index is 1.18. The molecule has 0 bridgehead atoms. The Balaban J connectivity index is 1.72. The Morgan fingerprint density at radius 3 is 2.91 bits per heavy atom. The van der Waals surface area contributed by atoms with Crippen molar-refractivity contribution in [3.63, 3.8) is 0 Å². The lowest BCUT2D eigenvalue weighted by Gasteiger charge is -2.59. The van der Waals surface area contributed by atoms with Crippen LogP contribution in [0.3, 0.4) is 0 Å². The number of rotatable bonds is 2. The molecule has 0 aromatic heterocycles. The van der Waals surface area contributed by atoms with E-state index in [0.29, 0.717) is 0 Å². The van der Waals surface area contributed by atoms with Crippen molar-refractivity contribution in [1.82, 2.24) is 0 Å². The molecule has 11 heavy (non-hydrogen) atoms. The zero-order valence-corrected chi connectivity index (χ0v) is 7.42. The van der Waals surface area contributed by atoms with Crippen LogP contribution in [0.4, 0.5) is 0 Å². The largest absolute Gasteiger partial charge is 0.0654 e. The Hall–Kier alpha value is 0. The van der Waals surface area contributed by atoms with Gasteiger partial charge in [-0.25, -0.2) is 0 Å². The number of hydrogen-bond acceptors (Lipinski definition) is 0. The van der Waals surface area contributed by atoms with Crippen LogP contribution in [0, 0.1) is 29.6 Å². The van der Waals surface area contributed by atoms with Gasteiger partial charge in [-0.1, -0.05) is 19.8 Å². The van der Waals surface area contributed by atoms with Gasteiger partial charge in [0.2, 0.25) is 0 Å². The quantitative estimate of drug-likeness (QED) is 0.567. The Labute approximate surface area is 69.4 Å². The monoisotopic (exact) mass is 150 g/mol. The molecule has 0 N–H and O–H groups in total. The second-order valence-electron chi connectivity index (χ2n) is 4.93. The molecule has 0 saturated heterocycles. The van der Waals surface area contributed by atoms with Crippen LogP contribution in [0.5, 0.6) is 0 Å². The van der Waals surface area contributed by atoms with E-state index in [1.54, 1.807) is 25.7 Å². The molecule has 0 heteroatoms. The van der Waals surface area contributed by atoms with E-state index in [9.17, 15) is 0 Å². The molecule has 62 valence electrons. The third-order valence-electron chi connectivity index (χ3n) is 4.70. The Bertz CT molecular complexity index is 173. The molecule has 0 radical (unpaired) electrons. The SMILES string of the molecule is CCCC1C2CCC3CC1C32. The Kier molecular flexibility index (Phi) is 1.20. The topological polar surface area (TPSA) is 0 Å². The van der Waals surface area contributed by atoms with Crippen LogP contribution >= 0.6 is 0 Å². The summed E-state index contributed by atoms with van der Waals surface area (Å²) in [6, 6.07) is 0. The maximum absolute atomic E-state index is 2.35. The molecule has 0 aromatic rings. The van der Waals surface area contributed by atoms with Gasteiger partial charge in [0.25, 0.3) is 0 Å². The second-order valence-corrected chi connectivity index (χ2v) is 4.93. The van der Waals surface area contributed by atoms with Crippen LogP contribution < -0.4 is 0 Å². The Morgan fingerprint density at radius 1 is 1.18 bits per heavy atom. The molecule has 0 aromatic carbocycles. The highest BCUT2D eigenvalue weighted by atomic mass is 14.7. The first kappa shape index (κ1) is 6.51. The molecule has 5 unspecified atom stereocenters. The minimum absolute atomic E-state index is 1.18. The molecule has 0 aliphatic heterocycles. The average Bonchev–Trinajstić information content (AvgIpc) is 2.17.